The number of fused-ring (bicyclic) bond motifs is 3. The summed E-state index contributed by atoms with van der Waals surface area (Å²) in [6.07, 6.45) is 0. The zero-order chi connectivity index (χ0) is 37.3. The van der Waals surface area contributed by atoms with Crippen LogP contribution in [0.4, 0.5) is 17.2 Å². The van der Waals surface area contributed by atoms with Crippen molar-refractivity contribution in [3.63, 3.8) is 0 Å². The first-order valence-corrected chi connectivity index (χ1v) is 18.8. The molecular formula is C53H34AuN3. The first-order valence-electron chi connectivity index (χ1n) is 18.8. The van der Waals surface area contributed by atoms with Gasteiger partial charge in [-0.1, -0.05) is 139 Å². The van der Waals surface area contributed by atoms with Crippen molar-refractivity contribution in [2.24, 2.45) is 0 Å². The molecule has 2 heterocycles. The fraction of sp³-hybridized carbons (Fsp3) is 0. The fourth-order valence-corrected chi connectivity index (χ4v) is 7.57. The Balaban J connectivity index is 0.00000422. The number of anilines is 3. The predicted molar refractivity (Wildman–Crippen MR) is 232 cm³/mol. The third-order valence-corrected chi connectivity index (χ3v) is 10.3. The van der Waals surface area contributed by atoms with Crippen LogP contribution < -0.4 is 9.88 Å². The van der Waals surface area contributed by atoms with E-state index in [0.29, 0.717) is 0 Å². The summed E-state index contributed by atoms with van der Waals surface area (Å²) in [5.74, 6) is 0.781. The summed E-state index contributed by atoms with van der Waals surface area (Å²) in [4.78, 5) is 13.0. The molecule has 0 unspecified atom stereocenters. The molecule has 0 aliphatic rings. The van der Waals surface area contributed by atoms with E-state index in [1.165, 1.54) is 5.56 Å². The smallest absolute Gasteiger partial charge is 0.655 e. The molecule has 0 saturated carbocycles. The number of hydrogen-bond donors (Lipinski definition) is 0. The normalized spacial score (nSPS) is 11.0. The van der Waals surface area contributed by atoms with Gasteiger partial charge in [-0.25, -0.2) is 5.56 Å². The predicted octanol–water partition coefficient (Wildman–Crippen LogP) is 13.7. The molecule has 10 rings (SSSR count). The summed E-state index contributed by atoms with van der Waals surface area (Å²) in [7, 11) is 0. The van der Waals surface area contributed by atoms with Gasteiger partial charge in [0.15, 0.2) is 0 Å². The van der Waals surface area contributed by atoms with Crippen LogP contribution in [0.25, 0.3) is 77.6 Å². The van der Waals surface area contributed by atoms with Crippen LogP contribution in [0.1, 0.15) is 0 Å². The first kappa shape index (κ1) is 35.9. The topological polar surface area (TPSA) is 30.2 Å². The molecule has 0 amide bonds. The number of benzene rings is 8. The van der Waals surface area contributed by atoms with E-state index in [4.69, 9.17) is 9.97 Å². The SMILES string of the molecule is [Au+3].[c-]1ccccc1-c1[c-]c(-c2cccc(N(c3ccccc3)c3cc(-c4ccccc4)cc4c3[n-]c3ccc(-c5ccccc5)cc34)n2)cc(-c2ccccc2)c1. The second kappa shape index (κ2) is 15.8. The van der Waals surface area contributed by atoms with Crippen LogP contribution >= 0.6 is 0 Å². The van der Waals surface area contributed by atoms with E-state index in [1.54, 1.807) is 0 Å². The molecule has 0 saturated heterocycles. The Morgan fingerprint density at radius 2 is 1.04 bits per heavy atom. The molecular weight excluding hydrogens is 876 g/mol. The minimum atomic E-state index is 0. The summed E-state index contributed by atoms with van der Waals surface area (Å²) in [5.41, 5.74) is 14.3. The summed E-state index contributed by atoms with van der Waals surface area (Å²) >= 11 is 0. The van der Waals surface area contributed by atoms with Crippen molar-refractivity contribution in [2.75, 3.05) is 4.90 Å². The standard InChI is InChI=1S/C53H34N3.Au/c1-6-17-37(18-7-1)41-29-30-50-47(34-41)48-35-44(40-23-12-4-13-24-40)36-51(53(48)55-50)56(46-25-14-5-15-26-46)52-28-16-27-49(54-52)45-32-42(38-19-8-2-9-20-38)31-43(33-45)39-21-10-3-11-22-39;/h1-21,23-32,34-36H;/q-3;+3. The van der Waals surface area contributed by atoms with Gasteiger partial charge in [0.05, 0.1) is 0 Å². The van der Waals surface area contributed by atoms with E-state index in [0.717, 1.165) is 89.2 Å². The molecule has 2 aromatic heterocycles. The first-order chi connectivity index (χ1) is 27.7. The number of para-hydroxylation sites is 1. The van der Waals surface area contributed by atoms with Gasteiger partial charge in [-0.15, -0.1) is 28.7 Å². The van der Waals surface area contributed by atoms with Crippen molar-refractivity contribution in [1.29, 1.82) is 0 Å². The van der Waals surface area contributed by atoms with Crippen molar-refractivity contribution in [3.05, 3.63) is 218 Å². The molecule has 0 atom stereocenters. The molecule has 0 bridgehead atoms. The Morgan fingerprint density at radius 3 is 1.70 bits per heavy atom. The maximum absolute atomic E-state index is 5.44. The Morgan fingerprint density at radius 1 is 0.439 bits per heavy atom. The van der Waals surface area contributed by atoms with E-state index in [-0.39, 0.29) is 22.4 Å². The molecule has 8 aromatic carbocycles. The molecule has 4 heteroatoms. The van der Waals surface area contributed by atoms with Gasteiger partial charge in [0.2, 0.25) is 0 Å². The largest absolute Gasteiger partial charge is 3.00 e. The third kappa shape index (κ3) is 7.12. The average molecular weight is 910 g/mol. The van der Waals surface area contributed by atoms with Gasteiger partial charge >= 0.3 is 22.4 Å². The molecule has 57 heavy (non-hydrogen) atoms. The van der Waals surface area contributed by atoms with E-state index in [2.05, 4.69) is 193 Å². The van der Waals surface area contributed by atoms with Gasteiger partial charge in [-0.3, -0.25) is 9.88 Å². The number of pyridine rings is 1. The fourth-order valence-electron chi connectivity index (χ4n) is 7.57. The molecule has 0 aliphatic carbocycles. The zero-order valence-corrected chi connectivity index (χ0v) is 32.9. The quantitative estimate of drug-likeness (QED) is 0.112. The van der Waals surface area contributed by atoms with Gasteiger partial charge < -0.3 is 4.98 Å². The maximum Gasteiger partial charge on any atom is 3.00 e. The van der Waals surface area contributed by atoms with Crippen LogP contribution in [0.15, 0.2) is 206 Å². The maximum atomic E-state index is 5.44. The Labute approximate surface area is 348 Å². The summed E-state index contributed by atoms with van der Waals surface area (Å²) in [5, 5.41) is 2.21. The molecule has 0 N–H and O–H groups in total. The number of rotatable bonds is 8. The molecule has 0 radical (unpaired) electrons. The van der Waals surface area contributed by atoms with Gasteiger partial charge in [0, 0.05) is 17.1 Å². The minimum Gasteiger partial charge on any atom is -0.655 e. The van der Waals surface area contributed by atoms with Crippen LogP contribution in [0, 0.1) is 12.1 Å². The van der Waals surface area contributed by atoms with Crippen LogP contribution in [0.3, 0.4) is 0 Å². The van der Waals surface area contributed by atoms with Gasteiger partial charge in [0.25, 0.3) is 0 Å². The minimum absolute atomic E-state index is 0. The molecule has 0 spiro atoms. The van der Waals surface area contributed by atoms with E-state index in [1.807, 2.05) is 30.3 Å². The van der Waals surface area contributed by atoms with E-state index < -0.39 is 0 Å². The summed E-state index contributed by atoms with van der Waals surface area (Å²) < 4.78 is 0. The van der Waals surface area contributed by atoms with Crippen LogP contribution in [0.5, 0.6) is 0 Å². The van der Waals surface area contributed by atoms with Crippen molar-refractivity contribution in [3.8, 4) is 55.8 Å². The monoisotopic (exact) mass is 909 g/mol. The Hall–Kier alpha value is -6.75. The average Bonchev–Trinajstić information content (AvgIpc) is 3.66. The van der Waals surface area contributed by atoms with Crippen molar-refractivity contribution < 1.29 is 22.4 Å². The molecule has 3 nitrogen and oxygen atoms in total. The third-order valence-electron chi connectivity index (χ3n) is 10.3. The number of nitrogens with zero attached hydrogens (tertiary/aromatic N) is 3. The van der Waals surface area contributed by atoms with Crippen molar-refractivity contribution in [2.45, 2.75) is 0 Å². The van der Waals surface area contributed by atoms with Gasteiger partial charge in [-0.05, 0) is 75.0 Å². The van der Waals surface area contributed by atoms with E-state index in [9.17, 15) is 0 Å². The van der Waals surface area contributed by atoms with Gasteiger partial charge in [-0.2, -0.15) is 42.0 Å². The molecule has 0 fully saturated rings. The Bertz CT molecular complexity index is 2890. The molecule has 0 aliphatic heterocycles. The summed E-state index contributed by atoms with van der Waals surface area (Å²) in [6.45, 7) is 0. The van der Waals surface area contributed by atoms with E-state index >= 15 is 0 Å². The second-order valence-corrected chi connectivity index (χ2v) is 13.9. The van der Waals surface area contributed by atoms with Crippen LogP contribution in [0.2, 0.25) is 0 Å². The van der Waals surface area contributed by atoms with Crippen LogP contribution in [-0.4, -0.2) is 4.98 Å². The van der Waals surface area contributed by atoms with Gasteiger partial charge in [0.1, 0.15) is 5.82 Å². The van der Waals surface area contributed by atoms with Crippen LogP contribution in [-0.2, 0) is 22.4 Å². The molecule has 272 valence electrons. The molecule has 10 aromatic rings. The summed E-state index contributed by atoms with van der Waals surface area (Å²) in [6, 6.07) is 79.0. The number of aromatic nitrogens is 2. The van der Waals surface area contributed by atoms with Crippen molar-refractivity contribution in [1.82, 2.24) is 9.97 Å². The van der Waals surface area contributed by atoms with Crippen molar-refractivity contribution >= 4 is 39.0 Å². The zero-order valence-electron chi connectivity index (χ0n) is 30.8. The Kier molecular flexibility index (Phi) is 9.94. The number of hydrogen-bond acceptors (Lipinski definition) is 2. The second-order valence-electron chi connectivity index (χ2n) is 13.9.